The number of hydrogen-bond donors (Lipinski definition) is 0. The summed E-state index contributed by atoms with van der Waals surface area (Å²) >= 11 is 3.30. The second-order valence-electron chi connectivity index (χ2n) is 4.94. The van der Waals surface area contributed by atoms with Crippen LogP contribution in [0.25, 0.3) is 0 Å². The Morgan fingerprint density at radius 1 is 1.24 bits per heavy atom. The highest BCUT2D eigenvalue weighted by atomic mass is 79.9. The zero-order chi connectivity index (χ0) is 15.5. The van der Waals surface area contributed by atoms with E-state index in [1.165, 1.54) is 0 Å². The number of furan rings is 1. The van der Waals surface area contributed by atoms with E-state index in [1.54, 1.807) is 30.5 Å². The molecule has 2 aromatic rings. The van der Waals surface area contributed by atoms with Gasteiger partial charge >= 0.3 is 0 Å². The Kier molecular flexibility index (Phi) is 5.24. The molecule has 0 radical (unpaired) electrons. The van der Waals surface area contributed by atoms with Crippen molar-refractivity contribution in [3.8, 4) is 0 Å². The largest absolute Gasteiger partial charge is 0.468 e. The van der Waals surface area contributed by atoms with Crippen LogP contribution in [-0.2, 0) is 9.84 Å². The SMILES string of the molecule is CC(c1ccco1)N(C)CCS(=O)(=O)c1ccc(Br)cc1. The van der Waals surface area contributed by atoms with Crippen LogP contribution >= 0.6 is 15.9 Å². The normalized spacial score (nSPS) is 13.5. The summed E-state index contributed by atoms with van der Waals surface area (Å²) in [6, 6.07) is 10.5. The summed E-state index contributed by atoms with van der Waals surface area (Å²) in [5.41, 5.74) is 0. The van der Waals surface area contributed by atoms with Gasteiger partial charge in [0.2, 0.25) is 0 Å². The minimum absolute atomic E-state index is 0.0418. The highest BCUT2D eigenvalue weighted by molar-refractivity contribution is 9.10. The van der Waals surface area contributed by atoms with Crippen molar-refractivity contribution in [1.82, 2.24) is 4.90 Å². The third-order valence-electron chi connectivity index (χ3n) is 3.50. The van der Waals surface area contributed by atoms with Crippen LogP contribution < -0.4 is 0 Å². The van der Waals surface area contributed by atoms with Gasteiger partial charge in [-0.3, -0.25) is 4.90 Å². The van der Waals surface area contributed by atoms with Gasteiger partial charge < -0.3 is 4.42 Å². The van der Waals surface area contributed by atoms with Gasteiger partial charge in [0, 0.05) is 11.0 Å². The zero-order valence-corrected chi connectivity index (χ0v) is 14.4. The molecule has 0 amide bonds. The Balaban J connectivity index is 2.00. The molecule has 114 valence electrons. The smallest absolute Gasteiger partial charge is 0.179 e. The molecular formula is C15H18BrNO3S. The summed E-state index contributed by atoms with van der Waals surface area (Å²) in [5.74, 6) is 0.912. The van der Waals surface area contributed by atoms with Gasteiger partial charge in [0.15, 0.2) is 9.84 Å². The van der Waals surface area contributed by atoms with Crippen LogP contribution in [0.4, 0.5) is 0 Å². The second kappa shape index (κ2) is 6.77. The minimum atomic E-state index is -3.27. The first kappa shape index (κ1) is 16.3. The van der Waals surface area contributed by atoms with Gasteiger partial charge in [0.05, 0.1) is 23.0 Å². The topological polar surface area (TPSA) is 50.5 Å². The number of hydrogen-bond acceptors (Lipinski definition) is 4. The molecule has 0 saturated carbocycles. The molecule has 1 atom stereocenters. The lowest BCUT2D eigenvalue weighted by atomic mass is 10.2. The Labute approximate surface area is 133 Å². The molecular weight excluding hydrogens is 354 g/mol. The molecule has 0 aliphatic carbocycles. The summed E-state index contributed by atoms with van der Waals surface area (Å²) in [6.45, 7) is 2.44. The first-order chi connectivity index (χ1) is 9.90. The van der Waals surface area contributed by atoms with E-state index >= 15 is 0 Å². The maximum Gasteiger partial charge on any atom is 0.179 e. The van der Waals surface area contributed by atoms with Crippen molar-refractivity contribution >= 4 is 25.8 Å². The van der Waals surface area contributed by atoms with E-state index in [1.807, 2.05) is 31.0 Å². The van der Waals surface area contributed by atoms with Crippen LogP contribution in [0.1, 0.15) is 18.7 Å². The molecule has 0 fully saturated rings. The van der Waals surface area contributed by atoms with Gasteiger partial charge in [-0.15, -0.1) is 0 Å². The van der Waals surface area contributed by atoms with Gasteiger partial charge in [0.25, 0.3) is 0 Å². The highest BCUT2D eigenvalue weighted by Crippen LogP contribution is 2.20. The van der Waals surface area contributed by atoms with Crippen LogP contribution in [-0.4, -0.2) is 32.7 Å². The predicted octanol–water partition coefficient (Wildman–Crippen LogP) is 3.51. The fourth-order valence-corrected chi connectivity index (χ4v) is 3.54. The number of benzene rings is 1. The van der Waals surface area contributed by atoms with E-state index in [4.69, 9.17) is 4.42 Å². The molecule has 1 aromatic carbocycles. The number of halogens is 1. The molecule has 0 bridgehead atoms. The summed E-state index contributed by atoms with van der Waals surface area (Å²) in [7, 11) is -1.37. The maximum atomic E-state index is 12.3. The van der Waals surface area contributed by atoms with Crippen LogP contribution in [0.5, 0.6) is 0 Å². The highest BCUT2D eigenvalue weighted by Gasteiger charge is 2.19. The van der Waals surface area contributed by atoms with Crippen LogP contribution in [0, 0.1) is 0 Å². The molecule has 6 heteroatoms. The van der Waals surface area contributed by atoms with E-state index in [0.29, 0.717) is 11.4 Å². The summed E-state index contributed by atoms with van der Waals surface area (Å²) in [6.07, 6.45) is 1.62. The Morgan fingerprint density at radius 2 is 1.90 bits per heavy atom. The van der Waals surface area contributed by atoms with E-state index in [0.717, 1.165) is 10.2 Å². The molecule has 0 aliphatic heterocycles. The number of sulfone groups is 1. The molecule has 1 aromatic heterocycles. The van der Waals surface area contributed by atoms with Gasteiger partial charge in [-0.1, -0.05) is 15.9 Å². The molecule has 1 unspecified atom stereocenters. The van der Waals surface area contributed by atoms with Crippen molar-refractivity contribution in [2.75, 3.05) is 19.3 Å². The lowest BCUT2D eigenvalue weighted by Crippen LogP contribution is -2.28. The molecule has 0 aliphatic rings. The quantitative estimate of drug-likeness (QED) is 0.779. The third kappa shape index (κ3) is 4.18. The molecule has 0 N–H and O–H groups in total. The average Bonchev–Trinajstić information content (AvgIpc) is 2.98. The van der Waals surface area contributed by atoms with Crippen LogP contribution in [0.2, 0.25) is 0 Å². The molecule has 4 nitrogen and oxygen atoms in total. The number of nitrogens with zero attached hydrogens (tertiary/aromatic N) is 1. The average molecular weight is 372 g/mol. The molecule has 0 saturated heterocycles. The lowest BCUT2D eigenvalue weighted by Gasteiger charge is -2.22. The first-order valence-corrected chi connectivity index (χ1v) is 9.06. The molecule has 0 spiro atoms. The standard InChI is InChI=1S/C15H18BrNO3S/c1-12(15-4-3-10-20-15)17(2)9-11-21(18,19)14-7-5-13(16)6-8-14/h3-8,10,12H,9,11H2,1-2H3. The van der Waals surface area contributed by atoms with E-state index in [2.05, 4.69) is 15.9 Å². The van der Waals surface area contributed by atoms with Crippen molar-refractivity contribution < 1.29 is 12.8 Å². The lowest BCUT2D eigenvalue weighted by molar-refractivity contribution is 0.243. The van der Waals surface area contributed by atoms with Gasteiger partial charge in [-0.2, -0.15) is 0 Å². The summed E-state index contributed by atoms with van der Waals surface area (Å²) < 4.78 is 30.8. The van der Waals surface area contributed by atoms with E-state index in [9.17, 15) is 8.42 Å². The predicted molar refractivity (Wildman–Crippen MR) is 85.9 cm³/mol. The summed E-state index contributed by atoms with van der Waals surface area (Å²) in [5, 5.41) is 0. The molecule has 21 heavy (non-hydrogen) atoms. The summed E-state index contributed by atoms with van der Waals surface area (Å²) in [4.78, 5) is 2.32. The van der Waals surface area contributed by atoms with Gasteiger partial charge in [0.1, 0.15) is 5.76 Å². The van der Waals surface area contributed by atoms with Crippen LogP contribution in [0.15, 0.2) is 56.4 Å². The van der Waals surface area contributed by atoms with Gasteiger partial charge in [-0.05, 0) is 50.4 Å². The molecule has 2 rings (SSSR count). The monoisotopic (exact) mass is 371 g/mol. The fourth-order valence-electron chi connectivity index (χ4n) is 1.96. The Hall–Kier alpha value is -1.11. The van der Waals surface area contributed by atoms with Crippen molar-refractivity contribution in [2.45, 2.75) is 17.9 Å². The Morgan fingerprint density at radius 3 is 2.48 bits per heavy atom. The van der Waals surface area contributed by atoms with Crippen molar-refractivity contribution in [2.24, 2.45) is 0 Å². The minimum Gasteiger partial charge on any atom is -0.468 e. The second-order valence-corrected chi connectivity index (χ2v) is 7.97. The zero-order valence-electron chi connectivity index (χ0n) is 12.0. The molecule has 1 heterocycles. The van der Waals surface area contributed by atoms with Gasteiger partial charge in [-0.25, -0.2) is 8.42 Å². The fraction of sp³-hybridized carbons (Fsp3) is 0.333. The van der Waals surface area contributed by atoms with Crippen molar-refractivity contribution in [3.63, 3.8) is 0 Å². The van der Waals surface area contributed by atoms with Crippen LogP contribution in [0.3, 0.4) is 0 Å². The third-order valence-corrected chi connectivity index (χ3v) is 5.74. The number of rotatable bonds is 6. The Bertz CT molecular complexity index is 665. The van der Waals surface area contributed by atoms with Crippen molar-refractivity contribution in [1.29, 1.82) is 0 Å². The van der Waals surface area contributed by atoms with Crippen molar-refractivity contribution in [3.05, 3.63) is 52.9 Å². The maximum absolute atomic E-state index is 12.3. The van der Waals surface area contributed by atoms with E-state index in [-0.39, 0.29) is 11.8 Å². The van der Waals surface area contributed by atoms with E-state index < -0.39 is 9.84 Å². The first-order valence-electron chi connectivity index (χ1n) is 6.62.